The van der Waals surface area contributed by atoms with Gasteiger partial charge in [0.25, 0.3) is 0 Å². The van der Waals surface area contributed by atoms with Crippen molar-refractivity contribution in [2.24, 2.45) is 11.3 Å². The van der Waals surface area contributed by atoms with E-state index >= 15 is 0 Å². The molecule has 14 heavy (non-hydrogen) atoms. The van der Waals surface area contributed by atoms with Crippen molar-refractivity contribution in [3.63, 3.8) is 0 Å². The second kappa shape index (κ2) is 5.83. The van der Waals surface area contributed by atoms with E-state index in [1.54, 1.807) is 0 Å². The summed E-state index contributed by atoms with van der Waals surface area (Å²) in [5, 5.41) is 0. The summed E-state index contributed by atoms with van der Waals surface area (Å²) >= 11 is 0. The average Bonchev–Trinajstić information content (AvgIpc) is 1.94. The van der Waals surface area contributed by atoms with Crippen molar-refractivity contribution in [3.8, 4) is 0 Å². The molecule has 1 heteroatoms. The Balaban J connectivity index is 4.12. The molecule has 0 aliphatic heterocycles. The molecule has 0 aromatic rings. The van der Waals surface area contributed by atoms with Crippen LogP contribution in [-0.2, 0) is 0 Å². The standard InChI is InChI=1S/C13H29B/c1-10(2)8-9-12(13(5,6)7)14-11(3)4/h10-12,14H,8-9H2,1-7H3. The van der Waals surface area contributed by atoms with Gasteiger partial charge in [0, 0.05) is 0 Å². The summed E-state index contributed by atoms with van der Waals surface area (Å²) in [4.78, 5) is 0. The summed E-state index contributed by atoms with van der Waals surface area (Å²) in [5.74, 6) is 2.59. The molecule has 0 aliphatic rings. The third-order valence-electron chi connectivity index (χ3n) is 3.07. The van der Waals surface area contributed by atoms with Crippen LogP contribution >= 0.6 is 0 Å². The molecule has 0 aromatic heterocycles. The van der Waals surface area contributed by atoms with Gasteiger partial charge in [-0.3, -0.25) is 0 Å². The lowest BCUT2D eigenvalue weighted by Gasteiger charge is -2.32. The minimum Gasteiger partial charge on any atom is -0.0710 e. The molecule has 0 bridgehead atoms. The predicted octanol–water partition coefficient (Wildman–Crippen LogP) is 4.52. The first kappa shape index (κ1) is 14.1. The van der Waals surface area contributed by atoms with Gasteiger partial charge in [0.15, 0.2) is 0 Å². The van der Waals surface area contributed by atoms with Crippen molar-refractivity contribution in [3.05, 3.63) is 0 Å². The Morgan fingerprint density at radius 3 is 1.71 bits per heavy atom. The van der Waals surface area contributed by atoms with Crippen LogP contribution in [0.2, 0.25) is 11.6 Å². The average molecular weight is 196 g/mol. The monoisotopic (exact) mass is 196 g/mol. The van der Waals surface area contributed by atoms with Gasteiger partial charge in [0.1, 0.15) is 7.28 Å². The molecule has 84 valence electrons. The molecule has 0 radical (unpaired) electrons. The Morgan fingerprint density at radius 2 is 1.43 bits per heavy atom. The predicted molar refractivity (Wildman–Crippen MR) is 69.5 cm³/mol. The van der Waals surface area contributed by atoms with Crippen LogP contribution in [-0.4, -0.2) is 7.28 Å². The third-order valence-corrected chi connectivity index (χ3v) is 3.07. The molecule has 0 saturated heterocycles. The van der Waals surface area contributed by atoms with Crippen LogP contribution in [0.3, 0.4) is 0 Å². The topological polar surface area (TPSA) is 0 Å². The molecule has 0 aliphatic carbocycles. The van der Waals surface area contributed by atoms with Gasteiger partial charge in [-0.1, -0.05) is 72.9 Å². The van der Waals surface area contributed by atoms with Gasteiger partial charge in [0.2, 0.25) is 0 Å². The molecule has 1 atom stereocenters. The van der Waals surface area contributed by atoms with Gasteiger partial charge in [-0.05, 0) is 11.3 Å². The van der Waals surface area contributed by atoms with Crippen molar-refractivity contribution in [1.29, 1.82) is 0 Å². The van der Waals surface area contributed by atoms with Crippen LogP contribution in [0.4, 0.5) is 0 Å². The van der Waals surface area contributed by atoms with Gasteiger partial charge < -0.3 is 0 Å². The maximum atomic E-state index is 2.39. The van der Waals surface area contributed by atoms with E-state index in [1.165, 1.54) is 20.1 Å². The fraction of sp³-hybridized carbons (Fsp3) is 1.00. The van der Waals surface area contributed by atoms with Crippen LogP contribution in [0.25, 0.3) is 0 Å². The zero-order valence-corrected chi connectivity index (χ0v) is 11.4. The van der Waals surface area contributed by atoms with E-state index in [1.807, 2.05) is 0 Å². The molecule has 0 amide bonds. The molecule has 0 fully saturated rings. The lowest BCUT2D eigenvalue weighted by atomic mass is 9.48. The molecule has 1 unspecified atom stereocenters. The molecule has 0 saturated carbocycles. The normalized spacial score (nSPS) is 14.9. The highest BCUT2D eigenvalue weighted by atomic mass is 14.2. The summed E-state index contributed by atoms with van der Waals surface area (Å²) in [6.45, 7) is 16.5. The molecule has 0 aromatic carbocycles. The first-order valence-corrected chi connectivity index (χ1v) is 6.23. The third kappa shape index (κ3) is 6.51. The number of hydrogen-bond acceptors (Lipinski definition) is 0. The molecular formula is C13H29B. The number of rotatable bonds is 5. The maximum Gasteiger partial charge on any atom is 0.127 e. The summed E-state index contributed by atoms with van der Waals surface area (Å²) in [5.41, 5.74) is 0.485. The Labute approximate surface area is 92.1 Å². The second-order valence-electron chi connectivity index (χ2n) is 6.66. The van der Waals surface area contributed by atoms with E-state index in [0.29, 0.717) is 5.41 Å². The summed E-state index contributed by atoms with van der Waals surface area (Å²) < 4.78 is 0. The van der Waals surface area contributed by atoms with E-state index in [9.17, 15) is 0 Å². The van der Waals surface area contributed by atoms with Gasteiger partial charge in [-0.15, -0.1) is 0 Å². The summed E-state index contributed by atoms with van der Waals surface area (Å²) in [6.07, 6.45) is 2.79. The molecule has 0 spiro atoms. The summed E-state index contributed by atoms with van der Waals surface area (Å²) in [6, 6.07) is 0. The van der Waals surface area contributed by atoms with Crippen molar-refractivity contribution >= 4 is 7.28 Å². The Bertz CT molecular complexity index is 142. The lowest BCUT2D eigenvalue weighted by Crippen LogP contribution is -2.22. The van der Waals surface area contributed by atoms with Crippen molar-refractivity contribution in [2.45, 2.75) is 72.9 Å². The van der Waals surface area contributed by atoms with Crippen LogP contribution in [0.1, 0.15) is 61.3 Å². The summed E-state index contributed by atoms with van der Waals surface area (Å²) in [7, 11) is 1.39. The highest BCUT2D eigenvalue weighted by Crippen LogP contribution is 2.37. The van der Waals surface area contributed by atoms with Gasteiger partial charge in [-0.2, -0.15) is 0 Å². The van der Waals surface area contributed by atoms with Crippen molar-refractivity contribution in [1.82, 2.24) is 0 Å². The van der Waals surface area contributed by atoms with E-state index < -0.39 is 0 Å². The van der Waals surface area contributed by atoms with Crippen molar-refractivity contribution < 1.29 is 0 Å². The van der Waals surface area contributed by atoms with Gasteiger partial charge in [-0.25, -0.2) is 0 Å². The van der Waals surface area contributed by atoms with Crippen LogP contribution in [0, 0.1) is 11.3 Å². The van der Waals surface area contributed by atoms with E-state index in [-0.39, 0.29) is 0 Å². The second-order valence-corrected chi connectivity index (χ2v) is 6.66. The van der Waals surface area contributed by atoms with Gasteiger partial charge >= 0.3 is 0 Å². The first-order chi connectivity index (χ1) is 6.23. The van der Waals surface area contributed by atoms with Gasteiger partial charge in [0.05, 0.1) is 0 Å². The Morgan fingerprint density at radius 1 is 0.929 bits per heavy atom. The maximum absolute atomic E-state index is 2.39. The largest absolute Gasteiger partial charge is 0.127 e. The SMILES string of the molecule is CC(C)BC(CCC(C)C)C(C)(C)C. The molecule has 0 rings (SSSR count). The smallest absolute Gasteiger partial charge is 0.0710 e. The minimum atomic E-state index is 0.485. The van der Waals surface area contributed by atoms with Crippen LogP contribution < -0.4 is 0 Å². The zero-order valence-electron chi connectivity index (χ0n) is 11.4. The fourth-order valence-electron chi connectivity index (χ4n) is 2.01. The van der Waals surface area contributed by atoms with Crippen LogP contribution in [0.15, 0.2) is 0 Å². The van der Waals surface area contributed by atoms with Crippen molar-refractivity contribution in [2.75, 3.05) is 0 Å². The minimum absolute atomic E-state index is 0.485. The van der Waals surface area contributed by atoms with E-state index in [2.05, 4.69) is 48.5 Å². The van der Waals surface area contributed by atoms with E-state index in [4.69, 9.17) is 0 Å². The Kier molecular flexibility index (Phi) is 5.85. The fourth-order valence-corrected chi connectivity index (χ4v) is 2.01. The highest BCUT2D eigenvalue weighted by Gasteiger charge is 2.25. The first-order valence-electron chi connectivity index (χ1n) is 6.23. The Hall–Kier alpha value is 0.0649. The molecule has 0 heterocycles. The molecule has 0 nitrogen and oxygen atoms in total. The van der Waals surface area contributed by atoms with E-state index in [0.717, 1.165) is 17.6 Å². The molecular weight excluding hydrogens is 167 g/mol. The van der Waals surface area contributed by atoms with Crippen LogP contribution in [0.5, 0.6) is 0 Å². The zero-order chi connectivity index (χ0) is 11.4. The highest BCUT2D eigenvalue weighted by molar-refractivity contribution is 6.39. The quantitative estimate of drug-likeness (QED) is 0.567. The lowest BCUT2D eigenvalue weighted by molar-refractivity contribution is 0.343. The number of hydrogen-bond donors (Lipinski definition) is 0. The molecule has 0 N–H and O–H groups in total.